The van der Waals surface area contributed by atoms with E-state index in [0.717, 1.165) is 10.2 Å². The highest BCUT2D eigenvalue weighted by Crippen LogP contribution is 2.25. The fraction of sp³-hybridized carbons (Fsp3) is 0.300. The number of rotatable bonds is 4. The standard InChI is InChI=1S/C10H13N3O2S/c1-11-8(14)9(15)13-10-12-6-4-2-3-5-7(6)16-10/h2-5,8-9,11,14-15H,1H3,(H,12,13). The number of aromatic nitrogens is 1. The molecule has 0 amide bonds. The molecule has 6 heteroatoms. The topological polar surface area (TPSA) is 77.4 Å². The van der Waals surface area contributed by atoms with Gasteiger partial charge in [0.2, 0.25) is 0 Å². The molecule has 1 aromatic heterocycles. The molecule has 0 aliphatic carbocycles. The minimum atomic E-state index is -1.08. The molecular weight excluding hydrogens is 226 g/mol. The molecule has 2 aromatic rings. The summed E-state index contributed by atoms with van der Waals surface area (Å²) in [6, 6.07) is 7.70. The molecule has 0 aliphatic rings. The van der Waals surface area contributed by atoms with Gasteiger partial charge in [0, 0.05) is 0 Å². The highest BCUT2D eigenvalue weighted by atomic mass is 32.1. The van der Waals surface area contributed by atoms with Gasteiger partial charge in [-0.25, -0.2) is 4.98 Å². The van der Waals surface area contributed by atoms with Gasteiger partial charge < -0.3 is 15.5 Å². The Balaban J connectivity index is 2.15. The normalized spacial score (nSPS) is 14.9. The molecule has 2 atom stereocenters. The highest BCUT2D eigenvalue weighted by molar-refractivity contribution is 7.22. The first-order valence-corrected chi connectivity index (χ1v) is 5.68. The molecule has 0 aliphatic heterocycles. The van der Waals surface area contributed by atoms with Gasteiger partial charge in [-0.2, -0.15) is 0 Å². The number of para-hydroxylation sites is 1. The Bertz CT molecular complexity index is 441. The van der Waals surface area contributed by atoms with Crippen molar-refractivity contribution in [1.29, 1.82) is 0 Å². The van der Waals surface area contributed by atoms with Crippen LogP contribution in [0.1, 0.15) is 0 Å². The zero-order chi connectivity index (χ0) is 11.5. The number of nitrogens with zero attached hydrogens (tertiary/aromatic N) is 1. The first kappa shape index (κ1) is 11.3. The molecule has 0 radical (unpaired) electrons. The number of fused-ring (bicyclic) bond motifs is 1. The number of likely N-dealkylation sites (N-methyl/N-ethyl adjacent to an activating group) is 1. The summed E-state index contributed by atoms with van der Waals surface area (Å²) in [5.41, 5.74) is 0.876. The number of thiazole rings is 1. The average molecular weight is 239 g/mol. The lowest BCUT2D eigenvalue weighted by molar-refractivity contribution is 0.0198. The maximum atomic E-state index is 9.54. The Hall–Kier alpha value is -1.21. The minimum absolute atomic E-state index is 0.586. The van der Waals surface area contributed by atoms with E-state index in [0.29, 0.717) is 5.13 Å². The van der Waals surface area contributed by atoms with Crippen LogP contribution < -0.4 is 10.6 Å². The SMILES string of the molecule is CNC(O)C(O)Nc1nc2ccccc2s1. The van der Waals surface area contributed by atoms with Gasteiger partial charge in [-0.15, -0.1) is 0 Å². The molecule has 0 bridgehead atoms. The van der Waals surface area contributed by atoms with Crippen LogP contribution in [0, 0.1) is 0 Å². The lowest BCUT2D eigenvalue weighted by Gasteiger charge is -2.17. The van der Waals surface area contributed by atoms with Crippen molar-refractivity contribution in [3.8, 4) is 0 Å². The van der Waals surface area contributed by atoms with Crippen molar-refractivity contribution in [3.63, 3.8) is 0 Å². The third kappa shape index (κ3) is 2.30. The van der Waals surface area contributed by atoms with E-state index < -0.39 is 12.5 Å². The van der Waals surface area contributed by atoms with Crippen LogP contribution >= 0.6 is 11.3 Å². The fourth-order valence-corrected chi connectivity index (χ4v) is 2.19. The van der Waals surface area contributed by atoms with Crippen LogP contribution in [0.15, 0.2) is 24.3 Å². The average Bonchev–Trinajstić information content (AvgIpc) is 2.69. The second-order valence-electron chi connectivity index (χ2n) is 3.31. The highest BCUT2D eigenvalue weighted by Gasteiger charge is 2.15. The summed E-state index contributed by atoms with van der Waals surface area (Å²) in [6.07, 6.45) is -2.10. The summed E-state index contributed by atoms with van der Waals surface area (Å²) >= 11 is 1.43. The molecule has 2 unspecified atom stereocenters. The van der Waals surface area contributed by atoms with Crippen LogP contribution in [0.2, 0.25) is 0 Å². The van der Waals surface area contributed by atoms with Crippen LogP contribution in [0.3, 0.4) is 0 Å². The monoisotopic (exact) mass is 239 g/mol. The molecule has 0 saturated heterocycles. The zero-order valence-electron chi connectivity index (χ0n) is 8.71. The van der Waals surface area contributed by atoms with Gasteiger partial charge in [0.1, 0.15) is 6.23 Å². The molecule has 16 heavy (non-hydrogen) atoms. The first-order valence-electron chi connectivity index (χ1n) is 4.86. The molecule has 1 aromatic carbocycles. The number of aliphatic hydroxyl groups is 2. The molecule has 1 heterocycles. The molecule has 86 valence electrons. The van der Waals surface area contributed by atoms with Crippen LogP contribution in [0.4, 0.5) is 5.13 Å². The largest absolute Gasteiger partial charge is 0.374 e. The van der Waals surface area contributed by atoms with Crippen LogP contribution in [0.25, 0.3) is 10.2 Å². The third-order valence-corrected chi connectivity index (χ3v) is 3.13. The summed E-state index contributed by atoms with van der Waals surface area (Å²) in [4.78, 5) is 4.28. The van der Waals surface area contributed by atoms with Gasteiger partial charge in [0.25, 0.3) is 0 Å². The van der Waals surface area contributed by atoms with Crippen molar-refractivity contribution in [3.05, 3.63) is 24.3 Å². The number of benzene rings is 1. The number of anilines is 1. The maximum Gasteiger partial charge on any atom is 0.185 e. The Morgan fingerprint density at radius 1 is 1.25 bits per heavy atom. The Labute approximate surface area is 96.8 Å². The van der Waals surface area contributed by atoms with Crippen LogP contribution in [-0.2, 0) is 0 Å². The predicted octanol–water partition coefficient (Wildman–Crippen LogP) is 0.564. The van der Waals surface area contributed by atoms with Crippen molar-refractivity contribution in [1.82, 2.24) is 10.3 Å². The van der Waals surface area contributed by atoms with Crippen molar-refractivity contribution in [2.24, 2.45) is 0 Å². The van der Waals surface area contributed by atoms with Gasteiger partial charge >= 0.3 is 0 Å². The van der Waals surface area contributed by atoms with Gasteiger partial charge in [-0.3, -0.25) is 5.32 Å². The molecule has 0 fully saturated rings. The Kier molecular flexibility index (Phi) is 3.35. The molecule has 2 rings (SSSR count). The summed E-state index contributed by atoms with van der Waals surface area (Å²) in [5.74, 6) is 0. The van der Waals surface area contributed by atoms with Crippen molar-refractivity contribution < 1.29 is 10.2 Å². The van der Waals surface area contributed by atoms with Crippen molar-refractivity contribution >= 4 is 26.7 Å². The number of aliphatic hydroxyl groups excluding tert-OH is 2. The lowest BCUT2D eigenvalue weighted by Crippen LogP contribution is -2.42. The summed E-state index contributed by atoms with van der Waals surface area (Å²) in [6.45, 7) is 0. The van der Waals surface area contributed by atoms with E-state index in [-0.39, 0.29) is 0 Å². The number of hydrogen-bond acceptors (Lipinski definition) is 6. The summed E-state index contributed by atoms with van der Waals surface area (Å²) in [7, 11) is 1.56. The quantitative estimate of drug-likeness (QED) is 0.587. The van der Waals surface area contributed by atoms with E-state index in [1.807, 2.05) is 24.3 Å². The third-order valence-electron chi connectivity index (χ3n) is 2.16. The van der Waals surface area contributed by atoms with Crippen molar-refractivity contribution in [2.75, 3.05) is 12.4 Å². The molecule has 4 N–H and O–H groups in total. The zero-order valence-corrected chi connectivity index (χ0v) is 9.53. The summed E-state index contributed by atoms with van der Waals surface area (Å²) in [5, 5.41) is 24.7. The second kappa shape index (κ2) is 4.75. The molecular formula is C10H13N3O2S. The van der Waals surface area contributed by atoms with Gasteiger partial charge in [-0.1, -0.05) is 23.5 Å². The maximum absolute atomic E-state index is 9.54. The van der Waals surface area contributed by atoms with E-state index in [1.54, 1.807) is 7.05 Å². The second-order valence-corrected chi connectivity index (χ2v) is 4.34. The van der Waals surface area contributed by atoms with Gasteiger partial charge in [0.15, 0.2) is 11.4 Å². The molecule has 0 saturated carbocycles. The lowest BCUT2D eigenvalue weighted by atomic mass is 10.3. The smallest absolute Gasteiger partial charge is 0.185 e. The fourth-order valence-electron chi connectivity index (χ4n) is 1.30. The first-order chi connectivity index (χ1) is 7.70. The predicted molar refractivity (Wildman–Crippen MR) is 64.3 cm³/mol. The number of nitrogens with one attached hydrogen (secondary N) is 2. The Morgan fingerprint density at radius 3 is 2.69 bits per heavy atom. The number of hydrogen-bond donors (Lipinski definition) is 4. The van der Waals surface area contributed by atoms with Crippen molar-refractivity contribution in [2.45, 2.75) is 12.5 Å². The van der Waals surface area contributed by atoms with Crippen LogP contribution in [-0.4, -0.2) is 34.7 Å². The van der Waals surface area contributed by atoms with Gasteiger partial charge in [-0.05, 0) is 19.2 Å². The van der Waals surface area contributed by atoms with Crippen LogP contribution in [0.5, 0.6) is 0 Å². The molecule has 0 spiro atoms. The van der Waals surface area contributed by atoms with E-state index in [2.05, 4.69) is 15.6 Å². The van der Waals surface area contributed by atoms with E-state index in [1.165, 1.54) is 11.3 Å². The summed E-state index contributed by atoms with van der Waals surface area (Å²) < 4.78 is 1.04. The van der Waals surface area contributed by atoms with E-state index in [9.17, 15) is 10.2 Å². The van der Waals surface area contributed by atoms with E-state index in [4.69, 9.17) is 0 Å². The minimum Gasteiger partial charge on any atom is -0.374 e. The molecule has 5 nitrogen and oxygen atoms in total. The van der Waals surface area contributed by atoms with E-state index >= 15 is 0 Å². The van der Waals surface area contributed by atoms with Gasteiger partial charge in [0.05, 0.1) is 10.2 Å². The Morgan fingerprint density at radius 2 is 2.00 bits per heavy atom.